The molecule has 0 heterocycles. The van der Waals surface area contributed by atoms with Gasteiger partial charge in [-0.15, -0.1) is 0 Å². The van der Waals surface area contributed by atoms with Crippen LogP contribution < -0.4 is 5.32 Å². The van der Waals surface area contributed by atoms with Gasteiger partial charge in [0.05, 0.1) is 0 Å². The predicted octanol–water partition coefficient (Wildman–Crippen LogP) is 2.65. The van der Waals surface area contributed by atoms with Crippen LogP contribution in [0.25, 0.3) is 0 Å². The van der Waals surface area contributed by atoms with Crippen molar-refractivity contribution in [2.45, 2.75) is 51.5 Å². The first kappa shape index (κ1) is 11.3. The molecule has 1 amide bonds. The van der Waals surface area contributed by atoms with E-state index in [-0.39, 0.29) is 5.91 Å². The summed E-state index contributed by atoms with van der Waals surface area (Å²) < 4.78 is 0. The minimum absolute atomic E-state index is 0.0400. The Bertz CT molecular complexity index is 192. The second-order valence-corrected chi connectivity index (χ2v) is 4.25. The highest BCUT2D eigenvalue weighted by Crippen LogP contribution is 2.25. The van der Waals surface area contributed by atoms with E-state index in [1.165, 1.54) is 44.6 Å². The second-order valence-electron chi connectivity index (χ2n) is 4.25. The fourth-order valence-corrected chi connectivity index (χ4v) is 2.21. The van der Waals surface area contributed by atoms with Gasteiger partial charge in [-0.2, -0.15) is 0 Å². The lowest BCUT2D eigenvalue weighted by atomic mass is 9.93. The molecule has 0 bridgehead atoms. The molecule has 1 N–H and O–H groups in total. The van der Waals surface area contributed by atoms with Crippen molar-refractivity contribution in [2.24, 2.45) is 5.92 Å². The average Bonchev–Trinajstić information content (AvgIpc) is 2.45. The number of carbonyl (C=O) groups excluding carboxylic acids is 1. The summed E-state index contributed by atoms with van der Waals surface area (Å²) in [6.45, 7) is 5.57. The minimum Gasteiger partial charge on any atom is -0.350 e. The summed E-state index contributed by atoms with van der Waals surface area (Å²) in [5.74, 6) is 0.628. The standard InChI is InChI=1S/C12H21NO/c1-3-12(14)13-10(2)11-8-6-4-5-7-9-11/h3,10-11H,1,4-9H2,2H3,(H,13,14)/t10-/m1/s1. The Morgan fingerprint density at radius 2 is 1.93 bits per heavy atom. The van der Waals surface area contributed by atoms with E-state index in [0.29, 0.717) is 12.0 Å². The molecule has 14 heavy (non-hydrogen) atoms. The normalized spacial score (nSPS) is 20.9. The molecule has 0 aliphatic heterocycles. The molecule has 0 spiro atoms. The number of hydrogen-bond acceptors (Lipinski definition) is 1. The van der Waals surface area contributed by atoms with Crippen LogP contribution in [0.2, 0.25) is 0 Å². The molecule has 0 radical (unpaired) electrons. The SMILES string of the molecule is C=CC(=O)N[C@H](C)C1CCCCCC1. The van der Waals surface area contributed by atoms with Gasteiger partial charge in [0.2, 0.25) is 5.91 Å². The van der Waals surface area contributed by atoms with Gasteiger partial charge in [0.15, 0.2) is 0 Å². The Morgan fingerprint density at radius 3 is 2.43 bits per heavy atom. The Labute approximate surface area is 86.8 Å². The third-order valence-electron chi connectivity index (χ3n) is 3.16. The lowest BCUT2D eigenvalue weighted by molar-refractivity contribution is -0.117. The van der Waals surface area contributed by atoms with E-state index in [1.54, 1.807) is 0 Å². The molecule has 0 aromatic rings. The van der Waals surface area contributed by atoms with Crippen LogP contribution in [0.5, 0.6) is 0 Å². The molecule has 1 rings (SSSR count). The number of hydrogen-bond donors (Lipinski definition) is 1. The van der Waals surface area contributed by atoms with E-state index in [2.05, 4.69) is 18.8 Å². The van der Waals surface area contributed by atoms with Gasteiger partial charge < -0.3 is 5.32 Å². The Kier molecular flexibility index (Phi) is 4.71. The van der Waals surface area contributed by atoms with Crippen LogP contribution in [0.4, 0.5) is 0 Å². The fourth-order valence-electron chi connectivity index (χ4n) is 2.21. The van der Waals surface area contributed by atoms with Crippen molar-refractivity contribution in [2.75, 3.05) is 0 Å². The second kappa shape index (κ2) is 5.84. The van der Waals surface area contributed by atoms with Crippen molar-refractivity contribution in [1.29, 1.82) is 0 Å². The maximum Gasteiger partial charge on any atom is 0.243 e. The fraction of sp³-hybridized carbons (Fsp3) is 0.750. The van der Waals surface area contributed by atoms with Crippen molar-refractivity contribution in [1.82, 2.24) is 5.32 Å². The highest BCUT2D eigenvalue weighted by molar-refractivity contribution is 5.87. The number of nitrogens with one attached hydrogen (secondary N) is 1. The zero-order valence-electron chi connectivity index (χ0n) is 9.09. The monoisotopic (exact) mass is 195 g/mol. The van der Waals surface area contributed by atoms with Gasteiger partial charge in [0, 0.05) is 6.04 Å². The molecule has 1 atom stereocenters. The molecular weight excluding hydrogens is 174 g/mol. The van der Waals surface area contributed by atoms with E-state index >= 15 is 0 Å². The summed E-state index contributed by atoms with van der Waals surface area (Å²) in [5, 5.41) is 2.97. The zero-order valence-corrected chi connectivity index (χ0v) is 9.09. The van der Waals surface area contributed by atoms with E-state index in [1.807, 2.05) is 0 Å². The molecule has 1 saturated carbocycles. The van der Waals surface area contributed by atoms with Crippen molar-refractivity contribution in [3.8, 4) is 0 Å². The van der Waals surface area contributed by atoms with Gasteiger partial charge in [-0.25, -0.2) is 0 Å². The Hall–Kier alpha value is -0.790. The topological polar surface area (TPSA) is 29.1 Å². The molecule has 1 fully saturated rings. The van der Waals surface area contributed by atoms with Gasteiger partial charge in [-0.3, -0.25) is 4.79 Å². The highest BCUT2D eigenvalue weighted by Gasteiger charge is 2.19. The summed E-state index contributed by atoms with van der Waals surface area (Å²) in [7, 11) is 0. The quantitative estimate of drug-likeness (QED) is 0.544. The summed E-state index contributed by atoms with van der Waals surface area (Å²) in [5.41, 5.74) is 0. The largest absolute Gasteiger partial charge is 0.350 e. The van der Waals surface area contributed by atoms with Gasteiger partial charge in [-0.1, -0.05) is 32.3 Å². The van der Waals surface area contributed by atoms with E-state index < -0.39 is 0 Å². The van der Waals surface area contributed by atoms with Crippen LogP contribution in [0, 0.1) is 5.92 Å². The predicted molar refractivity (Wildman–Crippen MR) is 59.0 cm³/mol. The lowest BCUT2D eigenvalue weighted by Crippen LogP contribution is -2.36. The number of carbonyl (C=O) groups is 1. The molecule has 1 aliphatic carbocycles. The third-order valence-corrected chi connectivity index (χ3v) is 3.16. The Morgan fingerprint density at radius 1 is 1.36 bits per heavy atom. The smallest absolute Gasteiger partial charge is 0.243 e. The van der Waals surface area contributed by atoms with E-state index in [0.717, 1.165) is 0 Å². The lowest BCUT2D eigenvalue weighted by Gasteiger charge is -2.22. The number of amides is 1. The highest BCUT2D eigenvalue weighted by atomic mass is 16.1. The molecular formula is C12H21NO. The maximum absolute atomic E-state index is 11.1. The van der Waals surface area contributed by atoms with Crippen molar-refractivity contribution in [3.05, 3.63) is 12.7 Å². The van der Waals surface area contributed by atoms with E-state index in [9.17, 15) is 4.79 Å². The first-order valence-electron chi connectivity index (χ1n) is 5.67. The summed E-state index contributed by atoms with van der Waals surface area (Å²) in [6.07, 6.45) is 9.24. The average molecular weight is 195 g/mol. The van der Waals surface area contributed by atoms with Crippen LogP contribution in [0.1, 0.15) is 45.4 Å². The molecule has 0 aromatic carbocycles. The molecule has 80 valence electrons. The van der Waals surface area contributed by atoms with Crippen LogP contribution in [0.15, 0.2) is 12.7 Å². The molecule has 2 nitrogen and oxygen atoms in total. The van der Waals surface area contributed by atoms with Gasteiger partial charge >= 0.3 is 0 Å². The van der Waals surface area contributed by atoms with Crippen molar-refractivity contribution in [3.63, 3.8) is 0 Å². The maximum atomic E-state index is 11.1. The summed E-state index contributed by atoms with van der Waals surface area (Å²) in [4.78, 5) is 11.1. The van der Waals surface area contributed by atoms with Gasteiger partial charge in [0.25, 0.3) is 0 Å². The van der Waals surface area contributed by atoms with Crippen LogP contribution in [-0.4, -0.2) is 11.9 Å². The van der Waals surface area contributed by atoms with Crippen LogP contribution in [0.3, 0.4) is 0 Å². The summed E-state index contributed by atoms with van der Waals surface area (Å²) in [6, 6.07) is 0.304. The van der Waals surface area contributed by atoms with Crippen LogP contribution in [-0.2, 0) is 4.79 Å². The Balaban J connectivity index is 2.37. The van der Waals surface area contributed by atoms with E-state index in [4.69, 9.17) is 0 Å². The van der Waals surface area contributed by atoms with Gasteiger partial charge in [0.1, 0.15) is 0 Å². The minimum atomic E-state index is -0.0400. The van der Waals surface area contributed by atoms with Crippen molar-refractivity contribution < 1.29 is 4.79 Å². The number of rotatable bonds is 3. The van der Waals surface area contributed by atoms with Crippen LogP contribution >= 0.6 is 0 Å². The molecule has 0 unspecified atom stereocenters. The van der Waals surface area contributed by atoms with Crippen molar-refractivity contribution >= 4 is 5.91 Å². The summed E-state index contributed by atoms with van der Waals surface area (Å²) >= 11 is 0. The molecule has 2 heteroatoms. The zero-order chi connectivity index (χ0) is 10.4. The molecule has 0 saturated heterocycles. The first-order valence-corrected chi connectivity index (χ1v) is 5.67. The first-order chi connectivity index (χ1) is 6.74. The third kappa shape index (κ3) is 3.52. The molecule has 0 aromatic heterocycles. The molecule has 1 aliphatic rings. The van der Waals surface area contributed by atoms with Gasteiger partial charge in [-0.05, 0) is 31.8 Å².